The minimum atomic E-state index is 0.178. The average Bonchev–Trinajstić information content (AvgIpc) is 1.91. The van der Waals surface area contributed by atoms with Crippen LogP contribution in [0, 0.1) is 0 Å². The number of halogens is 2. The van der Waals surface area contributed by atoms with Crippen LogP contribution in [-0.2, 0) is 0 Å². The molecule has 2 N–H and O–H groups in total. The van der Waals surface area contributed by atoms with Crippen molar-refractivity contribution in [1.82, 2.24) is 9.97 Å². The second-order valence-corrected chi connectivity index (χ2v) is 1.87. The highest BCUT2D eigenvalue weighted by molar-refractivity contribution is 6.31. The maximum atomic E-state index is 5.41. The first kappa shape index (κ1) is 9.62. The Balaban J connectivity index is 0.000000371. The van der Waals surface area contributed by atoms with Crippen LogP contribution in [0.4, 0.5) is 0 Å². The van der Waals surface area contributed by atoms with Crippen LogP contribution in [0.5, 0.6) is 0 Å². The molecule has 1 aromatic heterocycles. The summed E-state index contributed by atoms with van der Waals surface area (Å²) < 4.78 is 0. The molecule has 5 heteroatoms. The quantitative estimate of drug-likeness (QED) is 0.484. The molecule has 0 aliphatic heterocycles. The van der Waals surface area contributed by atoms with Gasteiger partial charge >= 0.3 is 0 Å². The van der Waals surface area contributed by atoms with E-state index in [2.05, 4.69) is 15.7 Å². The lowest BCUT2D eigenvalue weighted by Gasteiger charge is -1.85. The molecule has 1 heterocycles. The van der Waals surface area contributed by atoms with E-state index in [1.54, 1.807) is 6.07 Å². The zero-order chi connectivity index (χ0) is 7.98. The van der Waals surface area contributed by atoms with Crippen molar-refractivity contribution in [2.45, 2.75) is 0 Å². The first-order chi connectivity index (χ1) is 4.79. The van der Waals surface area contributed by atoms with Crippen LogP contribution >= 0.6 is 23.2 Å². The van der Waals surface area contributed by atoms with Gasteiger partial charge in [-0.2, -0.15) is 0 Å². The molecule has 10 heavy (non-hydrogen) atoms. The fourth-order valence-electron chi connectivity index (χ4n) is 0.315. The van der Waals surface area contributed by atoms with Gasteiger partial charge in [0.1, 0.15) is 5.15 Å². The van der Waals surface area contributed by atoms with E-state index in [-0.39, 0.29) is 5.28 Å². The van der Waals surface area contributed by atoms with E-state index in [1.807, 2.05) is 0 Å². The van der Waals surface area contributed by atoms with Crippen molar-refractivity contribution in [3.8, 4) is 0 Å². The summed E-state index contributed by atoms with van der Waals surface area (Å²) in [6, 6.07) is 1.56. The normalized spacial score (nSPS) is 8.00. The Kier molecular flexibility index (Phi) is 5.20. The molecule has 0 fully saturated rings. The molecule has 0 aliphatic carbocycles. The van der Waals surface area contributed by atoms with E-state index in [0.29, 0.717) is 5.15 Å². The van der Waals surface area contributed by atoms with E-state index in [1.165, 1.54) is 13.2 Å². The zero-order valence-electron chi connectivity index (χ0n) is 5.38. The Bertz CT molecular complexity index is 175. The van der Waals surface area contributed by atoms with Gasteiger partial charge in [-0.3, -0.25) is 0 Å². The number of rotatable bonds is 0. The largest absolute Gasteiger partial charge is 0.333 e. The van der Waals surface area contributed by atoms with Gasteiger partial charge < -0.3 is 5.73 Å². The standard InChI is InChI=1S/C4H2Cl2N2.CH5N/c5-3-1-2-7-4(6)8-3;1-2/h1-2H;2H2,1H3. The van der Waals surface area contributed by atoms with Gasteiger partial charge in [0.15, 0.2) is 0 Å². The smallest absolute Gasteiger partial charge is 0.223 e. The minimum Gasteiger partial charge on any atom is -0.333 e. The number of nitrogens with zero attached hydrogens (tertiary/aromatic N) is 2. The molecule has 0 unspecified atom stereocenters. The second-order valence-electron chi connectivity index (χ2n) is 1.15. The first-order valence-electron chi connectivity index (χ1n) is 2.51. The zero-order valence-corrected chi connectivity index (χ0v) is 6.89. The summed E-state index contributed by atoms with van der Waals surface area (Å²) in [4.78, 5) is 7.20. The molecule has 0 aliphatic rings. The molecule has 0 spiro atoms. The van der Waals surface area contributed by atoms with Crippen molar-refractivity contribution in [2.75, 3.05) is 7.05 Å². The number of aromatic nitrogens is 2. The fraction of sp³-hybridized carbons (Fsp3) is 0.200. The van der Waals surface area contributed by atoms with Gasteiger partial charge in [0.05, 0.1) is 0 Å². The number of hydrogen-bond donors (Lipinski definition) is 1. The molecule has 0 saturated carbocycles. The van der Waals surface area contributed by atoms with Crippen molar-refractivity contribution in [3.63, 3.8) is 0 Å². The molecule has 0 saturated heterocycles. The topological polar surface area (TPSA) is 51.8 Å². The number of nitrogens with two attached hydrogens (primary N) is 1. The predicted octanol–water partition coefficient (Wildman–Crippen LogP) is 1.36. The van der Waals surface area contributed by atoms with E-state index in [4.69, 9.17) is 23.2 Å². The maximum Gasteiger partial charge on any atom is 0.223 e. The molecule has 56 valence electrons. The van der Waals surface area contributed by atoms with Gasteiger partial charge in [0, 0.05) is 6.20 Å². The fourth-order valence-corrected chi connectivity index (χ4v) is 0.642. The van der Waals surface area contributed by atoms with Crippen molar-refractivity contribution >= 4 is 23.2 Å². The molecule has 0 amide bonds. The van der Waals surface area contributed by atoms with Crippen molar-refractivity contribution in [2.24, 2.45) is 5.73 Å². The lowest BCUT2D eigenvalue weighted by atomic mass is 10.7. The van der Waals surface area contributed by atoms with Crippen LogP contribution < -0.4 is 5.73 Å². The summed E-state index contributed by atoms with van der Waals surface area (Å²) in [6.07, 6.45) is 1.50. The molecule has 1 aromatic rings. The summed E-state index contributed by atoms with van der Waals surface area (Å²) in [5, 5.41) is 0.544. The van der Waals surface area contributed by atoms with Crippen LogP contribution in [0.15, 0.2) is 12.3 Å². The van der Waals surface area contributed by atoms with Gasteiger partial charge in [0.2, 0.25) is 5.28 Å². The van der Waals surface area contributed by atoms with Crippen LogP contribution in [0.3, 0.4) is 0 Å². The van der Waals surface area contributed by atoms with Crippen molar-refractivity contribution in [1.29, 1.82) is 0 Å². The van der Waals surface area contributed by atoms with E-state index < -0.39 is 0 Å². The highest BCUT2D eigenvalue weighted by Gasteiger charge is 1.88. The molecule has 0 aromatic carbocycles. The third kappa shape index (κ3) is 3.61. The molecule has 0 bridgehead atoms. The summed E-state index contributed by atoms with van der Waals surface area (Å²) in [7, 11) is 1.50. The third-order valence-electron chi connectivity index (χ3n) is 0.592. The van der Waals surface area contributed by atoms with Crippen molar-refractivity contribution in [3.05, 3.63) is 22.7 Å². The van der Waals surface area contributed by atoms with Crippen LogP contribution in [0.1, 0.15) is 0 Å². The highest BCUT2D eigenvalue weighted by Crippen LogP contribution is 2.04. The molecular formula is C5H7Cl2N3. The van der Waals surface area contributed by atoms with Gasteiger partial charge in [-0.25, -0.2) is 9.97 Å². The Morgan fingerprint density at radius 1 is 1.40 bits per heavy atom. The van der Waals surface area contributed by atoms with Gasteiger partial charge in [-0.1, -0.05) is 11.6 Å². The Hall–Kier alpha value is -0.380. The SMILES string of the molecule is CN.Clc1ccnc(Cl)n1. The lowest BCUT2D eigenvalue weighted by molar-refractivity contribution is 1.17. The molecule has 3 nitrogen and oxygen atoms in total. The van der Waals surface area contributed by atoms with Gasteiger partial charge in [-0.05, 0) is 24.7 Å². The van der Waals surface area contributed by atoms with Crippen LogP contribution in [-0.4, -0.2) is 17.0 Å². The second kappa shape index (κ2) is 5.41. The summed E-state index contributed by atoms with van der Waals surface area (Å²) in [5.74, 6) is 0. The van der Waals surface area contributed by atoms with Crippen molar-refractivity contribution < 1.29 is 0 Å². The minimum absolute atomic E-state index is 0.178. The van der Waals surface area contributed by atoms with Crippen LogP contribution in [0.25, 0.3) is 0 Å². The third-order valence-corrected chi connectivity index (χ3v) is 0.985. The maximum absolute atomic E-state index is 5.41. The van der Waals surface area contributed by atoms with Crippen LogP contribution in [0.2, 0.25) is 10.4 Å². The van der Waals surface area contributed by atoms with E-state index in [0.717, 1.165) is 0 Å². The Morgan fingerprint density at radius 2 is 2.00 bits per heavy atom. The summed E-state index contributed by atoms with van der Waals surface area (Å²) in [6.45, 7) is 0. The van der Waals surface area contributed by atoms with E-state index in [9.17, 15) is 0 Å². The first-order valence-corrected chi connectivity index (χ1v) is 3.26. The monoisotopic (exact) mass is 179 g/mol. The van der Waals surface area contributed by atoms with Gasteiger partial charge in [0.25, 0.3) is 0 Å². The highest BCUT2D eigenvalue weighted by atomic mass is 35.5. The number of hydrogen-bond acceptors (Lipinski definition) is 3. The Labute approximate surface area is 69.2 Å². The summed E-state index contributed by atoms with van der Waals surface area (Å²) in [5.41, 5.74) is 4.50. The summed E-state index contributed by atoms with van der Waals surface area (Å²) >= 11 is 10.7. The molecule has 0 atom stereocenters. The van der Waals surface area contributed by atoms with E-state index >= 15 is 0 Å². The molecule has 0 radical (unpaired) electrons. The average molecular weight is 180 g/mol. The molecular weight excluding hydrogens is 173 g/mol. The lowest BCUT2D eigenvalue weighted by Crippen LogP contribution is -1.77. The predicted molar refractivity (Wildman–Crippen MR) is 42.2 cm³/mol. The Morgan fingerprint density at radius 3 is 2.30 bits per heavy atom. The molecule has 1 rings (SSSR count). The van der Waals surface area contributed by atoms with Gasteiger partial charge in [-0.15, -0.1) is 0 Å².